The number of hydrogen-bond donors (Lipinski definition) is 2. The van der Waals surface area contributed by atoms with Gasteiger partial charge in [-0.15, -0.1) is 0 Å². The molecule has 0 aliphatic heterocycles. The summed E-state index contributed by atoms with van der Waals surface area (Å²) in [6.45, 7) is 0.367. The van der Waals surface area contributed by atoms with Crippen molar-refractivity contribution in [3.8, 4) is 0 Å². The van der Waals surface area contributed by atoms with Crippen LogP contribution in [0.2, 0.25) is 0 Å². The summed E-state index contributed by atoms with van der Waals surface area (Å²) in [6, 6.07) is -0.102. The number of carbonyl (C=O) groups is 1. The van der Waals surface area contributed by atoms with Crippen molar-refractivity contribution >= 4 is 6.47 Å². The van der Waals surface area contributed by atoms with E-state index in [9.17, 15) is 4.79 Å². The Bertz CT molecular complexity index is 188. The van der Waals surface area contributed by atoms with Crippen molar-refractivity contribution in [3.63, 3.8) is 0 Å². The van der Waals surface area contributed by atoms with Gasteiger partial charge in [-0.25, -0.2) is 0 Å². The minimum Gasteiger partial charge on any atom is -0.437 e. The second-order valence-electron chi connectivity index (χ2n) is 3.61. The van der Waals surface area contributed by atoms with E-state index in [2.05, 4.69) is 10.2 Å². The van der Waals surface area contributed by atoms with Gasteiger partial charge >= 0.3 is 0 Å². The zero-order valence-electron chi connectivity index (χ0n) is 8.19. The molecular formula is C10H17NO3. The molecule has 4 heteroatoms. The van der Waals surface area contributed by atoms with Crippen LogP contribution >= 0.6 is 0 Å². The first-order valence-corrected chi connectivity index (χ1v) is 5.04. The van der Waals surface area contributed by atoms with Crippen molar-refractivity contribution < 1.29 is 14.7 Å². The summed E-state index contributed by atoms with van der Waals surface area (Å²) in [5, 5.41) is 8.93. The molecule has 0 heterocycles. The minimum atomic E-state index is -0.102. The van der Waals surface area contributed by atoms with Gasteiger partial charge in [-0.2, -0.15) is 5.48 Å². The van der Waals surface area contributed by atoms with Gasteiger partial charge in [0.05, 0.1) is 12.3 Å². The fourth-order valence-corrected chi connectivity index (χ4v) is 1.96. The van der Waals surface area contributed by atoms with Crippen molar-refractivity contribution in [2.75, 3.05) is 0 Å². The van der Waals surface area contributed by atoms with Gasteiger partial charge in [-0.1, -0.05) is 19.3 Å². The van der Waals surface area contributed by atoms with Crippen LogP contribution in [0.5, 0.6) is 0 Å². The molecule has 1 rings (SSSR count). The van der Waals surface area contributed by atoms with Crippen LogP contribution in [-0.2, 0) is 9.53 Å². The normalized spacial score (nSPS) is 20.9. The highest BCUT2D eigenvalue weighted by atomic mass is 16.5. The first kappa shape index (κ1) is 11.2. The number of nitrogens with one attached hydrogen (secondary N) is 1. The van der Waals surface area contributed by atoms with Crippen LogP contribution in [0.3, 0.4) is 0 Å². The van der Waals surface area contributed by atoms with Crippen LogP contribution in [0.25, 0.3) is 0 Å². The molecule has 0 spiro atoms. The molecule has 1 atom stereocenters. The van der Waals surface area contributed by atoms with Crippen LogP contribution < -0.4 is 5.48 Å². The van der Waals surface area contributed by atoms with Crippen molar-refractivity contribution in [1.82, 2.24) is 5.48 Å². The Morgan fingerprint density at radius 1 is 1.36 bits per heavy atom. The average molecular weight is 199 g/mol. The summed E-state index contributed by atoms with van der Waals surface area (Å²) in [5.74, 6) is 0.445. The molecule has 0 aromatic carbocycles. The summed E-state index contributed by atoms with van der Waals surface area (Å²) in [5.41, 5.74) is 2.25. The van der Waals surface area contributed by atoms with Crippen molar-refractivity contribution in [1.29, 1.82) is 0 Å². The third kappa shape index (κ3) is 3.47. The minimum absolute atomic E-state index is 0.102. The molecule has 1 fully saturated rings. The van der Waals surface area contributed by atoms with E-state index in [0.717, 1.165) is 12.8 Å². The number of hydroxylamine groups is 1. The van der Waals surface area contributed by atoms with Gasteiger partial charge in [-0.05, 0) is 24.8 Å². The third-order valence-corrected chi connectivity index (χ3v) is 2.73. The van der Waals surface area contributed by atoms with Crippen LogP contribution in [-0.4, -0.2) is 17.7 Å². The van der Waals surface area contributed by atoms with Crippen molar-refractivity contribution in [2.45, 2.75) is 38.1 Å². The molecule has 0 bridgehead atoms. The molecule has 1 aliphatic carbocycles. The molecule has 0 amide bonds. The lowest BCUT2D eigenvalue weighted by atomic mass is 9.84. The monoisotopic (exact) mass is 199 g/mol. The number of rotatable bonds is 5. The SMILES string of the molecule is O=CO/C=C/C(NO)C1CCCCC1. The fraction of sp³-hybridized carbons (Fsp3) is 0.700. The lowest BCUT2D eigenvalue weighted by Crippen LogP contribution is -2.33. The van der Waals surface area contributed by atoms with Crippen molar-refractivity contribution in [3.05, 3.63) is 12.3 Å². The average Bonchev–Trinajstić information content (AvgIpc) is 2.26. The maximum atomic E-state index is 9.89. The molecule has 0 aromatic heterocycles. The molecule has 14 heavy (non-hydrogen) atoms. The summed E-state index contributed by atoms with van der Waals surface area (Å²) in [6.07, 6.45) is 8.94. The lowest BCUT2D eigenvalue weighted by Gasteiger charge is -2.26. The molecule has 0 aromatic rings. The zero-order valence-corrected chi connectivity index (χ0v) is 8.19. The molecule has 1 unspecified atom stereocenters. The largest absolute Gasteiger partial charge is 0.437 e. The van der Waals surface area contributed by atoms with Gasteiger partial charge in [0.1, 0.15) is 0 Å². The van der Waals surface area contributed by atoms with E-state index < -0.39 is 0 Å². The maximum absolute atomic E-state index is 9.89. The van der Waals surface area contributed by atoms with Gasteiger partial charge in [0.25, 0.3) is 6.47 Å². The summed E-state index contributed by atoms with van der Waals surface area (Å²) in [7, 11) is 0. The topological polar surface area (TPSA) is 58.6 Å². The Balaban J connectivity index is 2.38. The molecular weight excluding hydrogens is 182 g/mol. The molecule has 1 aliphatic rings. The summed E-state index contributed by atoms with van der Waals surface area (Å²) < 4.78 is 4.44. The van der Waals surface area contributed by atoms with Crippen LogP contribution in [0.1, 0.15) is 32.1 Å². The molecule has 1 saturated carbocycles. The van der Waals surface area contributed by atoms with Gasteiger partial charge in [0.2, 0.25) is 0 Å². The number of ether oxygens (including phenoxy) is 1. The first-order valence-electron chi connectivity index (χ1n) is 5.04. The zero-order chi connectivity index (χ0) is 10.2. The van der Waals surface area contributed by atoms with E-state index in [0.29, 0.717) is 12.4 Å². The Kier molecular flexibility index (Phi) is 5.25. The van der Waals surface area contributed by atoms with E-state index in [1.807, 2.05) is 0 Å². The Hall–Kier alpha value is -0.870. The second-order valence-corrected chi connectivity index (χ2v) is 3.61. The Morgan fingerprint density at radius 2 is 2.07 bits per heavy atom. The predicted molar refractivity (Wildman–Crippen MR) is 51.6 cm³/mol. The number of carbonyl (C=O) groups excluding carboxylic acids is 1. The van der Waals surface area contributed by atoms with Crippen LogP contribution in [0, 0.1) is 5.92 Å². The smallest absolute Gasteiger partial charge is 0.297 e. The Labute approximate surface area is 83.9 Å². The Morgan fingerprint density at radius 3 is 2.64 bits per heavy atom. The van der Waals surface area contributed by atoms with E-state index >= 15 is 0 Å². The molecule has 0 saturated heterocycles. The quantitative estimate of drug-likeness (QED) is 0.401. The highest BCUT2D eigenvalue weighted by molar-refractivity contribution is 5.38. The molecule has 2 N–H and O–H groups in total. The predicted octanol–water partition coefficient (Wildman–Crippen LogP) is 1.60. The van der Waals surface area contributed by atoms with E-state index in [1.54, 1.807) is 6.08 Å². The van der Waals surface area contributed by atoms with E-state index in [-0.39, 0.29) is 6.04 Å². The first-order chi connectivity index (χ1) is 6.88. The van der Waals surface area contributed by atoms with Gasteiger partial charge in [0.15, 0.2) is 0 Å². The van der Waals surface area contributed by atoms with Crippen LogP contribution in [0.15, 0.2) is 12.3 Å². The highest BCUT2D eigenvalue weighted by Gasteiger charge is 2.20. The maximum Gasteiger partial charge on any atom is 0.297 e. The fourth-order valence-electron chi connectivity index (χ4n) is 1.96. The second kappa shape index (κ2) is 6.56. The third-order valence-electron chi connectivity index (χ3n) is 2.73. The van der Waals surface area contributed by atoms with Gasteiger partial charge in [0, 0.05) is 0 Å². The number of hydrogen-bond acceptors (Lipinski definition) is 4. The van der Waals surface area contributed by atoms with Gasteiger partial charge in [-0.3, -0.25) is 4.79 Å². The summed E-state index contributed by atoms with van der Waals surface area (Å²) >= 11 is 0. The van der Waals surface area contributed by atoms with E-state index in [4.69, 9.17) is 5.21 Å². The highest BCUT2D eigenvalue weighted by Crippen LogP contribution is 2.26. The van der Waals surface area contributed by atoms with Crippen molar-refractivity contribution in [2.24, 2.45) is 5.92 Å². The van der Waals surface area contributed by atoms with E-state index in [1.165, 1.54) is 25.5 Å². The molecule has 0 radical (unpaired) electrons. The standard InChI is InChI=1S/C10H17NO3/c12-8-14-7-6-10(11-13)9-4-2-1-3-5-9/h6-11,13H,1-5H2/b7-6+. The van der Waals surface area contributed by atoms with Crippen LogP contribution in [0.4, 0.5) is 0 Å². The van der Waals surface area contributed by atoms with Gasteiger partial charge < -0.3 is 9.94 Å². The summed E-state index contributed by atoms with van der Waals surface area (Å²) in [4.78, 5) is 9.89. The lowest BCUT2D eigenvalue weighted by molar-refractivity contribution is -0.123. The molecule has 80 valence electrons. The molecule has 4 nitrogen and oxygen atoms in total.